The van der Waals surface area contributed by atoms with Gasteiger partial charge in [-0.15, -0.1) is 11.3 Å². The van der Waals surface area contributed by atoms with Crippen LogP contribution >= 0.6 is 11.3 Å². The lowest BCUT2D eigenvalue weighted by molar-refractivity contribution is -0.116. The number of aryl methyl sites for hydroxylation is 1. The number of aromatic amines is 1. The summed E-state index contributed by atoms with van der Waals surface area (Å²) in [6, 6.07) is 15.7. The highest BCUT2D eigenvalue weighted by molar-refractivity contribution is 7.13. The van der Waals surface area contributed by atoms with E-state index in [-0.39, 0.29) is 5.91 Å². The Morgan fingerprint density at radius 3 is 2.84 bits per heavy atom. The number of carbonyl (C=O) groups excluding carboxylic acids is 1. The lowest BCUT2D eigenvalue weighted by atomic mass is 10.1. The second-order valence-electron chi connectivity index (χ2n) is 5.69. The molecule has 4 aromatic rings. The largest absolute Gasteiger partial charge is 0.336 e. The van der Waals surface area contributed by atoms with Crippen molar-refractivity contribution in [2.45, 2.75) is 12.8 Å². The summed E-state index contributed by atoms with van der Waals surface area (Å²) in [6.45, 7) is 0. The molecule has 1 amide bonds. The van der Waals surface area contributed by atoms with Crippen molar-refractivity contribution in [2.75, 3.05) is 5.32 Å². The van der Waals surface area contributed by atoms with Crippen LogP contribution in [0.4, 0.5) is 5.69 Å². The number of amides is 1. The Balaban J connectivity index is 1.45. The Labute approximate surface area is 148 Å². The van der Waals surface area contributed by atoms with Gasteiger partial charge in [-0.25, -0.2) is 9.97 Å². The fourth-order valence-electron chi connectivity index (χ4n) is 2.66. The number of aromatic nitrogens is 3. The van der Waals surface area contributed by atoms with E-state index in [2.05, 4.69) is 20.3 Å². The Kier molecular flexibility index (Phi) is 4.26. The van der Waals surface area contributed by atoms with Crippen molar-refractivity contribution < 1.29 is 4.79 Å². The number of benzene rings is 2. The van der Waals surface area contributed by atoms with Crippen molar-refractivity contribution >= 4 is 34.0 Å². The standard InChI is InChI=1S/C19H16N4OS/c24-17(9-6-13-4-2-1-3-5-13)21-14-7-8-15-16(12-14)23-18(22-15)19-20-10-11-25-19/h1-5,7-8,10-12H,6,9H2,(H,21,24)(H,22,23). The first-order valence-electron chi connectivity index (χ1n) is 8.01. The zero-order valence-electron chi connectivity index (χ0n) is 13.4. The molecule has 0 unspecified atom stereocenters. The number of carbonyl (C=O) groups is 1. The zero-order chi connectivity index (χ0) is 17.1. The number of nitrogens with zero attached hydrogens (tertiary/aromatic N) is 2. The molecule has 2 heterocycles. The third-order valence-electron chi connectivity index (χ3n) is 3.88. The van der Waals surface area contributed by atoms with Crippen LogP contribution in [0.2, 0.25) is 0 Å². The van der Waals surface area contributed by atoms with Crippen LogP contribution in [0.1, 0.15) is 12.0 Å². The van der Waals surface area contributed by atoms with Gasteiger partial charge in [-0.2, -0.15) is 0 Å². The fraction of sp³-hybridized carbons (Fsp3) is 0.105. The third kappa shape index (κ3) is 3.59. The summed E-state index contributed by atoms with van der Waals surface area (Å²) in [5.74, 6) is 0.750. The van der Waals surface area contributed by atoms with Crippen LogP contribution < -0.4 is 5.32 Å². The second kappa shape index (κ2) is 6.86. The summed E-state index contributed by atoms with van der Waals surface area (Å²) >= 11 is 1.54. The molecule has 0 fully saturated rings. The maximum Gasteiger partial charge on any atom is 0.224 e. The third-order valence-corrected chi connectivity index (χ3v) is 4.66. The molecular formula is C19H16N4OS. The second-order valence-corrected chi connectivity index (χ2v) is 6.58. The lowest BCUT2D eigenvalue weighted by Gasteiger charge is -2.05. The molecule has 0 aliphatic heterocycles. The van der Waals surface area contributed by atoms with E-state index in [1.54, 1.807) is 6.20 Å². The number of nitrogens with one attached hydrogen (secondary N) is 2. The number of H-pyrrole nitrogens is 1. The molecule has 0 saturated carbocycles. The van der Waals surface area contributed by atoms with Crippen LogP contribution in [-0.2, 0) is 11.2 Å². The van der Waals surface area contributed by atoms with Crippen LogP contribution in [-0.4, -0.2) is 20.9 Å². The molecular weight excluding hydrogens is 332 g/mol. The minimum absolute atomic E-state index is 0.00265. The first-order chi connectivity index (χ1) is 12.3. The van der Waals surface area contributed by atoms with E-state index in [9.17, 15) is 4.79 Å². The van der Waals surface area contributed by atoms with Gasteiger partial charge in [0.1, 0.15) is 0 Å². The lowest BCUT2D eigenvalue weighted by Crippen LogP contribution is -2.12. The molecule has 2 N–H and O–H groups in total. The summed E-state index contributed by atoms with van der Waals surface area (Å²) in [5.41, 5.74) is 3.66. The number of thiazole rings is 1. The van der Waals surface area contributed by atoms with Crippen molar-refractivity contribution in [3.8, 4) is 10.8 Å². The van der Waals surface area contributed by atoms with E-state index >= 15 is 0 Å². The predicted octanol–water partition coefficient (Wildman–Crippen LogP) is 4.26. The van der Waals surface area contributed by atoms with E-state index in [0.29, 0.717) is 6.42 Å². The molecule has 0 atom stereocenters. The van der Waals surface area contributed by atoms with Gasteiger partial charge in [0.25, 0.3) is 0 Å². The Bertz CT molecular complexity index is 993. The molecule has 6 heteroatoms. The van der Waals surface area contributed by atoms with Crippen LogP contribution in [0.15, 0.2) is 60.1 Å². The van der Waals surface area contributed by atoms with Crippen LogP contribution in [0.3, 0.4) is 0 Å². The van der Waals surface area contributed by atoms with Gasteiger partial charge in [-0.1, -0.05) is 30.3 Å². The SMILES string of the molecule is O=C(CCc1ccccc1)Nc1ccc2nc(-c3nccs3)[nH]c2c1. The van der Waals surface area contributed by atoms with Crippen molar-refractivity contribution in [2.24, 2.45) is 0 Å². The van der Waals surface area contributed by atoms with Crippen molar-refractivity contribution in [3.63, 3.8) is 0 Å². The summed E-state index contributed by atoms with van der Waals surface area (Å²) in [5, 5.41) is 5.72. The zero-order valence-corrected chi connectivity index (χ0v) is 14.2. The van der Waals surface area contributed by atoms with Crippen LogP contribution in [0, 0.1) is 0 Å². The van der Waals surface area contributed by atoms with E-state index < -0.39 is 0 Å². The summed E-state index contributed by atoms with van der Waals surface area (Å²) < 4.78 is 0. The van der Waals surface area contributed by atoms with Gasteiger partial charge >= 0.3 is 0 Å². The van der Waals surface area contributed by atoms with Crippen molar-refractivity contribution in [1.82, 2.24) is 15.0 Å². The molecule has 0 saturated heterocycles. The van der Waals surface area contributed by atoms with Crippen LogP contribution in [0.5, 0.6) is 0 Å². The van der Waals surface area contributed by atoms with Gasteiger partial charge in [0.15, 0.2) is 10.8 Å². The molecule has 0 spiro atoms. The molecule has 124 valence electrons. The number of rotatable bonds is 5. The topological polar surface area (TPSA) is 70.7 Å². The van der Waals surface area contributed by atoms with Gasteiger partial charge in [-0.05, 0) is 30.2 Å². The summed E-state index contributed by atoms with van der Waals surface area (Å²) in [4.78, 5) is 24.2. The Morgan fingerprint density at radius 2 is 2.04 bits per heavy atom. The monoisotopic (exact) mass is 348 g/mol. The van der Waals surface area contributed by atoms with Crippen molar-refractivity contribution in [1.29, 1.82) is 0 Å². The van der Waals surface area contributed by atoms with Gasteiger partial charge in [0, 0.05) is 23.7 Å². The molecule has 0 aliphatic rings. The number of hydrogen-bond acceptors (Lipinski definition) is 4. The molecule has 0 aliphatic carbocycles. The number of imidazole rings is 1. The van der Waals surface area contributed by atoms with Gasteiger partial charge in [0.05, 0.1) is 11.0 Å². The van der Waals surface area contributed by atoms with Gasteiger partial charge in [0.2, 0.25) is 5.91 Å². The van der Waals surface area contributed by atoms with E-state index in [1.165, 1.54) is 11.3 Å². The average Bonchev–Trinajstić information content (AvgIpc) is 3.30. The fourth-order valence-corrected chi connectivity index (χ4v) is 3.24. The normalized spacial score (nSPS) is 10.9. The highest BCUT2D eigenvalue weighted by Crippen LogP contribution is 2.24. The van der Waals surface area contributed by atoms with Gasteiger partial charge in [-0.3, -0.25) is 4.79 Å². The number of anilines is 1. The van der Waals surface area contributed by atoms with Crippen molar-refractivity contribution in [3.05, 3.63) is 65.7 Å². The molecule has 2 aromatic carbocycles. The number of fused-ring (bicyclic) bond motifs is 1. The van der Waals surface area contributed by atoms with E-state index in [0.717, 1.165) is 39.5 Å². The molecule has 0 radical (unpaired) electrons. The first kappa shape index (κ1) is 15.5. The van der Waals surface area contributed by atoms with Gasteiger partial charge < -0.3 is 10.3 Å². The predicted molar refractivity (Wildman–Crippen MR) is 101 cm³/mol. The molecule has 4 rings (SSSR count). The van der Waals surface area contributed by atoms with E-state index in [4.69, 9.17) is 0 Å². The van der Waals surface area contributed by atoms with E-state index in [1.807, 2.05) is 53.9 Å². The molecule has 5 nitrogen and oxygen atoms in total. The van der Waals surface area contributed by atoms with Crippen LogP contribution in [0.25, 0.3) is 21.9 Å². The summed E-state index contributed by atoms with van der Waals surface area (Å²) in [6.07, 6.45) is 2.94. The smallest absolute Gasteiger partial charge is 0.224 e. The highest BCUT2D eigenvalue weighted by Gasteiger charge is 2.09. The number of hydrogen-bond donors (Lipinski definition) is 2. The quantitative estimate of drug-likeness (QED) is 0.566. The average molecular weight is 348 g/mol. The molecule has 2 aromatic heterocycles. The highest BCUT2D eigenvalue weighted by atomic mass is 32.1. The maximum absolute atomic E-state index is 12.2. The Morgan fingerprint density at radius 1 is 1.16 bits per heavy atom. The molecule has 25 heavy (non-hydrogen) atoms. The minimum Gasteiger partial charge on any atom is -0.336 e. The minimum atomic E-state index is 0.00265. The molecule has 0 bridgehead atoms. The summed E-state index contributed by atoms with van der Waals surface area (Å²) in [7, 11) is 0. The maximum atomic E-state index is 12.2. The first-order valence-corrected chi connectivity index (χ1v) is 8.89. The Hall–Kier alpha value is -2.99.